The highest BCUT2D eigenvalue weighted by Gasteiger charge is 2.17. The second-order valence-electron chi connectivity index (χ2n) is 5.38. The van der Waals surface area contributed by atoms with Gasteiger partial charge in [-0.15, -0.1) is 0 Å². The van der Waals surface area contributed by atoms with Gasteiger partial charge in [0.1, 0.15) is 17.2 Å². The molecule has 0 bridgehead atoms. The standard InChI is InChI=1S/C19H14ClFN2O4/c1-12(19(24)27-16-3-2-8-22-11-16)25-14-4-6-15(7-5-14)26-18-17(21)9-13(20)10-23-18/h2-12H,1H3. The van der Waals surface area contributed by atoms with Crippen LogP contribution in [0.5, 0.6) is 23.1 Å². The molecule has 0 N–H and O–H groups in total. The molecule has 0 spiro atoms. The van der Waals surface area contributed by atoms with Crippen molar-refractivity contribution < 1.29 is 23.4 Å². The van der Waals surface area contributed by atoms with Gasteiger partial charge in [-0.3, -0.25) is 4.98 Å². The van der Waals surface area contributed by atoms with E-state index in [1.54, 1.807) is 49.5 Å². The summed E-state index contributed by atoms with van der Waals surface area (Å²) in [5.74, 6) is -0.324. The number of hydrogen-bond acceptors (Lipinski definition) is 6. The van der Waals surface area contributed by atoms with Gasteiger partial charge in [0.05, 0.1) is 11.2 Å². The van der Waals surface area contributed by atoms with E-state index in [0.29, 0.717) is 17.2 Å². The van der Waals surface area contributed by atoms with Crippen molar-refractivity contribution in [1.29, 1.82) is 0 Å². The van der Waals surface area contributed by atoms with Crippen LogP contribution in [0.2, 0.25) is 5.02 Å². The average molecular weight is 389 g/mol. The molecule has 2 heterocycles. The molecule has 0 saturated carbocycles. The Balaban J connectivity index is 1.59. The quantitative estimate of drug-likeness (QED) is 0.581. The Hall–Kier alpha value is -3.19. The Bertz CT molecular complexity index is 923. The lowest BCUT2D eigenvalue weighted by Crippen LogP contribution is -2.28. The predicted molar refractivity (Wildman–Crippen MR) is 95.7 cm³/mol. The van der Waals surface area contributed by atoms with Gasteiger partial charge in [-0.1, -0.05) is 11.6 Å². The van der Waals surface area contributed by atoms with E-state index in [9.17, 15) is 9.18 Å². The van der Waals surface area contributed by atoms with Gasteiger partial charge in [-0.05, 0) is 49.4 Å². The van der Waals surface area contributed by atoms with Crippen LogP contribution in [0.3, 0.4) is 0 Å². The number of ether oxygens (including phenoxy) is 3. The summed E-state index contributed by atoms with van der Waals surface area (Å²) in [6.07, 6.45) is 3.45. The molecule has 27 heavy (non-hydrogen) atoms. The number of benzene rings is 1. The molecule has 2 aromatic heterocycles. The van der Waals surface area contributed by atoms with Gasteiger partial charge in [0.2, 0.25) is 0 Å². The minimum absolute atomic E-state index is 0.177. The summed E-state index contributed by atoms with van der Waals surface area (Å²) in [5.41, 5.74) is 0. The van der Waals surface area contributed by atoms with Gasteiger partial charge < -0.3 is 14.2 Å². The predicted octanol–water partition coefficient (Wildman–Crippen LogP) is 4.43. The zero-order valence-electron chi connectivity index (χ0n) is 14.1. The number of carbonyl (C=O) groups is 1. The lowest BCUT2D eigenvalue weighted by atomic mass is 10.3. The van der Waals surface area contributed by atoms with Crippen molar-refractivity contribution in [3.8, 4) is 23.1 Å². The van der Waals surface area contributed by atoms with E-state index in [1.807, 2.05) is 0 Å². The molecular formula is C19H14ClFN2O4. The van der Waals surface area contributed by atoms with Gasteiger partial charge in [0.15, 0.2) is 11.9 Å². The topological polar surface area (TPSA) is 70.5 Å². The SMILES string of the molecule is CC(Oc1ccc(Oc2ncc(Cl)cc2F)cc1)C(=O)Oc1cccnc1. The van der Waals surface area contributed by atoms with Crippen LogP contribution in [0, 0.1) is 5.82 Å². The zero-order valence-corrected chi connectivity index (χ0v) is 14.9. The van der Waals surface area contributed by atoms with Crippen LogP contribution < -0.4 is 14.2 Å². The van der Waals surface area contributed by atoms with Crippen LogP contribution >= 0.6 is 11.6 Å². The maximum Gasteiger partial charge on any atom is 0.352 e. The van der Waals surface area contributed by atoms with Crippen LogP contribution in [0.1, 0.15) is 6.92 Å². The van der Waals surface area contributed by atoms with Crippen molar-refractivity contribution in [1.82, 2.24) is 9.97 Å². The first-order chi connectivity index (χ1) is 13.0. The van der Waals surface area contributed by atoms with Crippen molar-refractivity contribution in [2.24, 2.45) is 0 Å². The monoisotopic (exact) mass is 388 g/mol. The van der Waals surface area contributed by atoms with Crippen molar-refractivity contribution in [2.45, 2.75) is 13.0 Å². The molecule has 6 nitrogen and oxygen atoms in total. The molecule has 1 aromatic carbocycles. The Morgan fingerprint density at radius 2 is 1.85 bits per heavy atom. The fourth-order valence-electron chi connectivity index (χ4n) is 2.03. The largest absolute Gasteiger partial charge is 0.479 e. The highest BCUT2D eigenvalue weighted by atomic mass is 35.5. The third-order valence-corrected chi connectivity index (χ3v) is 3.52. The maximum absolute atomic E-state index is 13.7. The van der Waals surface area contributed by atoms with E-state index >= 15 is 0 Å². The molecule has 0 aliphatic carbocycles. The van der Waals surface area contributed by atoms with Crippen molar-refractivity contribution in [3.05, 3.63) is 71.9 Å². The van der Waals surface area contributed by atoms with E-state index in [4.69, 9.17) is 25.8 Å². The summed E-state index contributed by atoms with van der Waals surface area (Å²) >= 11 is 5.65. The second kappa shape index (κ2) is 8.46. The fraction of sp³-hybridized carbons (Fsp3) is 0.105. The molecule has 0 aliphatic heterocycles. The fourth-order valence-corrected chi connectivity index (χ4v) is 2.18. The molecule has 0 saturated heterocycles. The summed E-state index contributed by atoms with van der Waals surface area (Å²) < 4.78 is 29.8. The van der Waals surface area contributed by atoms with Crippen LogP contribution in [0.25, 0.3) is 0 Å². The van der Waals surface area contributed by atoms with Crippen LogP contribution in [0.4, 0.5) is 4.39 Å². The van der Waals surface area contributed by atoms with Crippen LogP contribution in [0.15, 0.2) is 61.1 Å². The van der Waals surface area contributed by atoms with E-state index < -0.39 is 17.9 Å². The summed E-state index contributed by atoms with van der Waals surface area (Å²) in [4.78, 5) is 19.7. The summed E-state index contributed by atoms with van der Waals surface area (Å²) in [7, 11) is 0. The molecule has 3 aromatic rings. The molecule has 0 radical (unpaired) electrons. The van der Waals surface area contributed by atoms with Crippen molar-refractivity contribution in [2.75, 3.05) is 0 Å². The summed E-state index contributed by atoms with van der Waals surface area (Å²) in [6.45, 7) is 1.57. The number of halogens is 2. The Morgan fingerprint density at radius 3 is 2.52 bits per heavy atom. The van der Waals surface area contributed by atoms with Gasteiger partial charge in [0.25, 0.3) is 5.88 Å². The molecule has 0 amide bonds. The number of nitrogens with zero attached hydrogens (tertiary/aromatic N) is 2. The van der Waals surface area contributed by atoms with E-state index in [0.717, 1.165) is 6.07 Å². The highest BCUT2D eigenvalue weighted by molar-refractivity contribution is 6.30. The van der Waals surface area contributed by atoms with Gasteiger partial charge in [-0.2, -0.15) is 0 Å². The third-order valence-electron chi connectivity index (χ3n) is 3.31. The van der Waals surface area contributed by atoms with E-state index in [-0.39, 0.29) is 10.9 Å². The van der Waals surface area contributed by atoms with Gasteiger partial charge in [0, 0.05) is 12.4 Å². The van der Waals surface area contributed by atoms with Crippen LogP contribution in [-0.4, -0.2) is 22.0 Å². The molecule has 8 heteroatoms. The number of hydrogen-bond donors (Lipinski definition) is 0. The number of rotatable bonds is 6. The van der Waals surface area contributed by atoms with E-state index in [2.05, 4.69) is 9.97 Å². The molecule has 1 unspecified atom stereocenters. The lowest BCUT2D eigenvalue weighted by Gasteiger charge is -2.14. The number of pyridine rings is 2. The first-order valence-corrected chi connectivity index (χ1v) is 8.26. The molecular weight excluding hydrogens is 375 g/mol. The molecule has 1 atom stereocenters. The molecule has 3 rings (SSSR count). The van der Waals surface area contributed by atoms with Crippen LogP contribution in [-0.2, 0) is 4.79 Å². The van der Waals surface area contributed by atoms with E-state index in [1.165, 1.54) is 12.4 Å². The Labute approximate surface area is 159 Å². The first-order valence-electron chi connectivity index (χ1n) is 7.88. The third kappa shape index (κ3) is 5.15. The first kappa shape index (κ1) is 18.6. The Morgan fingerprint density at radius 1 is 1.11 bits per heavy atom. The highest BCUT2D eigenvalue weighted by Crippen LogP contribution is 2.26. The summed E-state index contributed by atoms with van der Waals surface area (Å²) in [5, 5.41) is 0.177. The Kier molecular flexibility index (Phi) is 5.83. The number of aromatic nitrogens is 2. The normalized spacial score (nSPS) is 11.5. The zero-order chi connectivity index (χ0) is 19.2. The summed E-state index contributed by atoms with van der Waals surface area (Å²) in [6, 6.07) is 10.7. The van der Waals surface area contributed by atoms with Crippen molar-refractivity contribution in [3.63, 3.8) is 0 Å². The van der Waals surface area contributed by atoms with Gasteiger partial charge >= 0.3 is 5.97 Å². The maximum atomic E-state index is 13.7. The number of carbonyl (C=O) groups excluding carboxylic acids is 1. The van der Waals surface area contributed by atoms with Gasteiger partial charge in [-0.25, -0.2) is 14.2 Å². The lowest BCUT2D eigenvalue weighted by molar-refractivity contribution is -0.141. The average Bonchev–Trinajstić information content (AvgIpc) is 2.66. The number of esters is 1. The minimum Gasteiger partial charge on any atom is -0.479 e. The molecule has 138 valence electrons. The second-order valence-corrected chi connectivity index (χ2v) is 5.82. The smallest absolute Gasteiger partial charge is 0.352 e. The van der Waals surface area contributed by atoms with Crippen molar-refractivity contribution >= 4 is 17.6 Å². The minimum atomic E-state index is -0.840. The molecule has 0 aliphatic rings. The molecule has 0 fully saturated rings.